The molecule has 3 aromatic heterocycles. The van der Waals surface area contributed by atoms with Crippen molar-refractivity contribution >= 4 is 39.5 Å². The number of carbonyl (C=O) groups is 1. The number of pyridine rings is 1. The molecule has 1 unspecified atom stereocenters. The Kier molecular flexibility index (Phi) is 9.98. The molecule has 50 heavy (non-hydrogen) atoms. The fraction of sp³-hybridized carbons (Fsp3) is 0.333. The number of aliphatic hydroxyl groups excluding tert-OH is 1. The van der Waals surface area contributed by atoms with Crippen molar-refractivity contribution in [2.24, 2.45) is 5.73 Å². The number of furan rings is 1. The van der Waals surface area contributed by atoms with E-state index >= 15 is 0 Å². The highest BCUT2D eigenvalue weighted by Crippen LogP contribution is 2.36. The van der Waals surface area contributed by atoms with Crippen molar-refractivity contribution in [2.75, 3.05) is 49.3 Å². The molecule has 6 heterocycles. The summed E-state index contributed by atoms with van der Waals surface area (Å²) >= 11 is 0. The van der Waals surface area contributed by atoms with Crippen LogP contribution in [0.1, 0.15) is 42.4 Å². The van der Waals surface area contributed by atoms with E-state index in [1.54, 1.807) is 24.4 Å². The Balaban J connectivity index is 0.000000163. The van der Waals surface area contributed by atoms with Gasteiger partial charge in [-0.05, 0) is 55.7 Å². The maximum Gasteiger partial charge on any atom is 0.297 e. The van der Waals surface area contributed by atoms with Crippen LogP contribution in [0.15, 0.2) is 70.0 Å². The number of nitrogens with one attached hydrogen (secondary N) is 1. The number of fused-ring (bicyclic) bond motifs is 3. The predicted octanol–water partition coefficient (Wildman–Crippen LogP) is 5.00. The molecule has 3 aliphatic heterocycles. The summed E-state index contributed by atoms with van der Waals surface area (Å²) in [5.74, 6) is -0.426. The van der Waals surface area contributed by atoms with E-state index in [-0.39, 0.29) is 17.2 Å². The van der Waals surface area contributed by atoms with E-state index in [9.17, 15) is 18.4 Å². The lowest BCUT2D eigenvalue weighted by Gasteiger charge is -2.53. The van der Waals surface area contributed by atoms with Crippen LogP contribution in [-0.2, 0) is 9.47 Å². The molecule has 1 amide bonds. The third kappa shape index (κ3) is 6.70. The molecule has 1 spiro atoms. The normalized spacial score (nSPS) is 17.9. The number of ether oxygens (including phenoxy) is 2. The second-order valence-corrected chi connectivity index (χ2v) is 12.1. The van der Waals surface area contributed by atoms with Crippen LogP contribution in [0.25, 0.3) is 33.2 Å². The maximum absolute atomic E-state index is 13.1. The van der Waals surface area contributed by atoms with Crippen LogP contribution in [0.4, 0.5) is 20.3 Å². The van der Waals surface area contributed by atoms with Crippen LogP contribution >= 0.6 is 0 Å². The van der Waals surface area contributed by atoms with Crippen molar-refractivity contribution in [1.82, 2.24) is 15.0 Å². The Bertz CT molecular complexity index is 2100. The van der Waals surface area contributed by atoms with E-state index in [1.807, 2.05) is 41.3 Å². The third-order valence-corrected chi connectivity index (χ3v) is 9.14. The van der Waals surface area contributed by atoms with Gasteiger partial charge < -0.3 is 39.5 Å². The molecule has 0 radical (unpaired) electrons. The zero-order chi connectivity index (χ0) is 35.4. The number of primary amides is 1. The minimum absolute atomic E-state index is 0.0262. The minimum atomic E-state index is -2.69. The zero-order valence-corrected chi connectivity index (χ0v) is 27.3. The van der Waals surface area contributed by atoms with Gasteiger partial charge in [-0.3, -0.25) is 9.59 Å². The number of terminal acetylenes is 1. The highest BCUT2D eigenvalue weighted by Gasteiger charge is 2.50. The van der Waals surface area contributed by atoms with Crippen LogP contribution in [0.3, 0.4) is 0 Å². The lowest BCUT2D eigenvalue weighted by Crippen LogP contribution is -2.68. The number of benzene rings is 2. The average molecular weight is 687 g/mol. The van der Waals surface area contributed by atoms with Crippen molar-refractivity contribution in [3.8, 4) is 23.7 Å². The molecule has 3 fully saturated rings. The molecule has 1 atom stereocenters. The summed E-state index contributed by atoms with van der Waals surface area (Å²) in [7, 11) is 0. The number of aliphatic hydroxyl groups is 1. The number of nitrogens with two attached hydrogens (primary N) is 1. The summed E-state index contributed by atoms with van der Waals surface area (Å²) in [6.07, 6.45) is 6.44. The highest BCUT2D eigenvalue weighted by atomic mass is 19.3. The van der Waals surface area contributed by atoms with Gasteiger partial charge in [0.05, 0.1) is 25.9 Å². The number of carbonyl (C=O) groups excluding carboxylic acids is 1. The Morgan fingerprint density at radius 1 is 1.10 bits per heavy atom. The molecular weight excluding hydrogens is 650 g/mol. The largest absolute Gasteiger partial charge is 0.462 e. The summed E-state index contributed by atoms with van der Waals surface area (Å²) in [6.45, 7) is 5.95. The van der Waals surface area contributed by atoms with Crippen LogP contribution in [0.2, 0.25) is 0 Å². The summed E-state index contributed by atoms with van der Waals surface area (Å²) in [6, 6.07) is 16.3. The highest BCUT2D eigenvalue weighted by molar-refractivity contribution is 6.05. The first-order valence-electron chi connectivity index (χ1n) is 16.1. The number of hydrogen-bond donors (Lipinski definition) is 3. The van der Waals surface area contributed by atoms with Crippen molar-refractivity contribution in [2.45, 2.75) is 37.8 Å². The van der Waals surface area contributed by atoms with Gasteiger partial charge in [-0.2, -0.15) is 0 Å². The second-order valence-electron chi connectivity index (χ2n) is 12.1. The quantitative estimate of drug-likeness (QED) is 0.215. The molecule has 3 aliphatic rings. The van der Waals surface area contributed by atoms with E-state index < -0.39 is 18.2 Å². The molecule has 260 valence electrons. The Morgan fingerprint density at radius 2 is 1.84 bits per heavy atom. The first-order valence-corrected chi connectivity index (χ1v) is 16.1. The first-order chi connectivity index (χ1) is 24.2. The Hall–Kier alpha value is -5.52. The van der Waals surface area contributed by atoms with E-state index in [0.29, 0.717) is 60.1 Å². The Labute approximate surface area is 285 Å². The summed E-state index contributed by atoms with van der Waals surface area (Å²) < 4.78 is 43.3. The summed E-state index contributed by atoms with van der Waals surface area (Å²) in [5, 5.41) is 7.84. The number of rotatable bonds is 5. The molecule has 0 saturated carbocycles. The van der Waals surface area contributed by atoms with Crippen LogP contribution in [0, 0.1) is 12.5 Å². The molecular formula is C36H36F2N6O6. The Morgan fingerprint density at radius 3 is 2.52 bits per heavy atom. The topological polar surface area (TPSA) is 160 Å². The van der Waals surface area contributed by atoms with E-state index in [4.69, 9.17) is 24.7 Å². The first kappa shape index (κ1) is 34.3. The number of hydrogen-bond acceptors (Lipinski definition) is 10. The third-order valence-electron chi connectivity index (χ3n) is 9.14. The SMILES string of the molecule is C#CO.CC1N(c2cc(-c3cccc(C(N)=O)c3)c[nH]c2=O)CCOC12COC2.FC(F)c1nc(N2CCCC2)c2oc3ccccc3c2n1. The van der Waals surface area contributed by atoms with Gasteiger partial charge in [0.2, 0.25) is 5.91 Å². The van der Waals surface area contributed by atoms with Crippen molar-refractivity contribution in [3.05, 3.63) is 82.5 Å². The number of halogens is 2. The molecule has 0 aliphatic carbocycles. The van der Waals surface area contributed by atoms with Gasteiger partial charge in [-0.1, -0.05) is 30.7 Å². The molecule has 5 aromatic rings. The lowest BCUT2D eigenvalue weighted by molar-refractivity contribution is -0.228. The number of para-hydroxylation sites is 1. The number of nitrogens with zero attached hydrogens (tertiary/aromatic N) is 4. The molecule has 3 saturated heterocycles. The van der Waals surface area contributed by atoms with Crippen molar-refractivity contribution in [3.63, 3.8) is 0 Å². The number of aromatic amines is 1. The molecule has 12 nitrogen and oxygen atoms in total. The van der Waals surface area contributed by atoms with Crippen LogP contribution < -0.4 is 21.1 Å². The van der Waals surface area contributed by atoms with Gasteiger partial charge in [0, 0.05) is 42.3 Å². The molecule has 4 N–H and O–H groups in total. The van der Waals surface area contributed by atoms with Gasteiger partial charge in [0.15, 0.2) is 17.2 Å². The van der Waals surface area contributed by atoms with Crippen molar-refractivity contribution < 1.29 is 32.6 Å². The fourth-order valence-corrected chi connectivity index (χ4v) is 6.44. The number of anilines is 2. The van der Waals surface area contributed by atoms with Crippen LogP contribution in [-0.4, -0.2) is 77.1 Å². The van der Waals surface area contributed by atoms with Crippen molar-refractivity contribution in [1.29, 1.82) is 0 Å². The molecule has 8 rings (SSSR count). The fourth-order valence-electron chi connectivity index (χ4n) is 6.44. The number of amides is 1. The average Bonchev–Trinajstić information content (AvgIpc) is 3.77. The van der Waals surface area contributed by atoms with Gasteiger partial charge in [0.1, 0.15) is 28.5 Å². The summed E-state index contributed by atoms with van der Waals surface area (Å²) in [5.41, 5.74) is 9.16. The monoisotopic (exact) mass is 686 g/mol. The zero-order valence-electron chi connectivity index (χ0n) is 27.3. The van der Waals surface area contributed by atoms with E-state index in [0.717, 1.165) is 42.4 Å². The number of alkyl halides is 2. The lowest BCUT2D eigenvalue weighted by atomic mass is 9.90. The van der Waals surface area contributed by atoms with Gasteiger partial charge in [0.25, 0.3) is 12.0 Å². The smallest absolute Gasteiger partial charge is 0.297 e. The van der Waals surface area contributed by atoms with Gasteiger partial charge in [-0.25, -0.2) is 18.7 Å². The number of aromatic nitrogens is 3. The molecule has 14 heteroatoms. The van der Waals surface area contributed by atoms with Crippen LogP contribution in [0.5, 0.6) is 0 Å². The second kappa shape index (κ2) is 14.5. The van der Waals surface area contributed by atoms with E-state index in [2.05, 4.69) is 33.2 Å². The summed E-state index contributed by atoms with van der Waals surface area (Å²) in [4.78, 5) is 38.9. The van der Waals surface area contributed by atoms with Gasteiger partial charge >= 0.3 is 0 Å². The van der Waals surface area contributed by atoms with Gasteiger partial charge in [-0.15, -0.1) is 0 Å². The van der Waals surface area contributed by atoms with E-state index in [1.165, 1.54) is 6.11 Å². The molecule has 0 bridgehead atoms. The molecule has 2 aromatic carbocycles. The maximum atomic E-state index is 13.1. The number of H-pyrrole nitrogens is 1. The number of morpholine rings is 1. The standard InChI is InChI=1S/C19H21N3O4.C15H13F2N3O.C2H2O/c1-12-19(10-25-11-19)26-6-5-22(12)16-8-15(9-21-18(16)24)13-3-2-4-14(7-13)17(20)23;16-13(17)14-18-11-9-5-1-2-6-10(9)21-12(11)15(19-14)20-7-3-4-8-20;1-2-3/h2-4,7-9,12H,5-6,10-11H2,1H3,(H2,20,23)(H,21,24);1-2,5-6,13H,3-4,7-8H2;1,3H. The minimum Gasteiger partial charge on any atom is -0.462 e. The predicted molar refractivity (Wildman–Crippen MR) is 184 cm³/mol.